The topological polar surface area (TPSA) is 51.0 Å². The van der Waals surface area contributed by atoms with Gasteiger partial charge in [0.15, 0.2) is 5.76 Å². The first-order valence-electron chi connectivity index (χ1n) is 5.93. The molecule has 0 atom stereocenters. The summed E-state index contributed by atoms with van der Waals surface area (Å²) in [6.45, 7) is 2.85. The van der Waals surface area contributed by atoms with Gasteiger partial charge in [0.2, 0.25) is 0 Å². The third kappa shape index (κ3) is 1.93. The Kier molecular flexibility index (Phi) is 2.68. The second-order valence-electron chi connectivity index (χ2n) is 3.98. The molecule has 0 aliphatic rings. The van der Waals surface area contributed by atoms with Gasteiger partial charge in [-0.15, -0.1) is 10.2 Å². The van der Waals surface area contributed by atoms with Crippen LogP contribution < -0.4 is 5.32 Å². The van der Waals surface area contributed by atoms with Crippen molar-refractivity contribution in [2.45, 2.75) is 6.92 Å². The highest BCUT2D eigenvalue weighted by atomic mass is 16.3. The van der Waals surface area contributed by atoms with Crippen molar-refractivity contribution in [1.82, 2.24) is 10.2 Å². The predicted octanol–water partition coefficient (Wildman–Crippen LogP) is 3.32. The molecule has 0 bridgehead atoms. The number of para-hydroxylation sites is 1. The molecule has 3 aromatic rings. The minimum Gasteiger partial charge on any atom is -0.454 e. The highest BCUT2D eigenvalue weighted by molar-refractivity contribution is 5.82. The minimum absolute atomic E-state index is 0.742. The van der Waals surface area contributed by atoms with E-state index in [9.17, 15) is 0 Å². The van der Waals surface area contributed by atoms with E-state index < -0.39 is 0 Å². The summed E-state index contributed by atoms with van der Waals surface area (Å²) in [5.74, 6) is 1.52. The van der Waals surface area contributed by atoms with Crippen LogP contribution in [0.2, 0.25) is 0 Å². The smallest absolute Gasteiger partial charge is 0.155 e. The zero-order chi connectivity index (χ0) is 12.4. The van der Waals surface area contributed by atoms with Gasteiger partial charge in [-0.2, -0.15) is 0 Å². The summed E-state index contributed by atoms with van der Waals surface area (Å²) in [5, 5.41) is 12.4. The van der Waals surface area contributed by atoms with Gasteiger partial charge < -0.3 is 9.73 Å². The Morgan fingerprint density at radius 1 is 1.11 bits per heavy atom. The second kappa shape index (κ2) is 4.49. The van der Waals surface area contributed by atoms with Crippen LogP contribution >= 0.6 is 0 Å². The maximum absolute atomic E-state index is 5.73. The van der Waals surface area contributed by atoms with Crippen LogP contribution in [0.15, 0.2) is 46.9 Å². The Balaban J connectivity index is 1.98. The molecule has 0 radical (unpaired) electrons. The molecule has 4 heteroatoms. The monoisotopic (exact) mass is 239 g/mol. The van der Waals surface area contributed by atoms with Gasteiger partial charge in [-0.3, -0.25) is 0 Å². The van der Waals surface area contributed by atoms with Crippen LogP contribution in [0.4, 0.5) is 5.82 Å². The van der Waals surface area contributed by atoms with E-state index in [-0.39, 0.29) is 0 Å². The van der Waals surface area contributed by atoms with E-state index in [4.69, 9.17) is 4.42 Å². The predicted molar refractivity (Wildman–Crippen MR) is 71.4 cm³/mol. The van der Waals surface area contributed by atoms with Crippen LogP contribution in [0.5, 0.6) is 0 Å². The standard InChI is InChI=1S/C14H13N3O/c1-2-15-14-8-7-11(16-17-14)13-9-10-5-3-4-6-12(10)18-13/h3-9H,2H2,1H3,(H,15,17). The molecule has 2 aromatic heterocycles. The lowest BCUT2D eigenvalue weighted by molar-refractivity contribution is 0.627. The van der Waals surface area contributed by atoms with Crippen molar-refractivity contribution in [2.24, 2.45) is 0 Å². The quantitative estimate of drug-likeness (QED) is 0.761. The van der Waals surface area contributed by atoms with Crippen molar-refractivity contribution in [3.8, 4) is 11.5 Å². The zero-order valence-electron chi connectivity index (χ0n) is 10.1. The van der Waals surface area contributed by atoms with Gasteiger partial charge in [-0.05, 0) is 31.2 Å². The van der Waals surface area contributed by atoms with E-state index in [2.05, 4.69) is 15.5 Å². The van der Waals surface area contributed by atoms with Gasteiger partial charge in [0.1, 0.15) is 17.1 Å². The highest BCUT2D eigenvalue weighted by Gasteiger charge is 2.07. The molecule has 0 amide bonds. The van der Waals surface area contributed by atoms with E-state index in [0.717, 1.165) is 34.8 Å². The number of nitrogens with zero attached hydrogens (tertiary/aromatic N) is 2. The van der Waals surface area contributed by atoms with Crippen LogP contribution in [0.1, 0.15) is 6.92 Å². The first-order chi connectivity index (χ1) is 8.86. The summed E-state index contributed by atoms with van der Waals surface area (Å²) in [6.07, 6.45) is 0. The van der Waals surface area contributed by atoms with Crippen LogP contribution in [0.25, 0.3) is 22.4 Å². The number of hydrogen-bond acceptors (Lipinski definition) is 4. The average molecular weight is 239 g/mol. The Morgan fingerprint density at radius 2 is 2.00 bits per heavy atom. The summed E-state index contributed by atoms with van der Waals surface area (Å²) in [7, 11) is 0. The van der Waals surface area contributed by atoms with E-state index in [0.29, 0.717) is 0 Å². The fraction of sp³-hybridized carbons (Fsp3) is 0.143. The van der Waals surface area contributed by atoms with Crippen molar-refractivity contribution >= 4 is 16.8 Å². The average Bonchev–Trinajstić information content (AvgIpc) is 2.84. The number of aromatic nitrogens is 2. The Morgan fingerprint density at radius 3 is 2.72 bits per heavy atom. The molecule has 0 aliphatic heterocycles. The van der Waals surface area contributed by atoms with E-state index >= 15 is 0 Å². The number of nitrogens with one attached hydrogen (secondary N) is 1. The Bertz CT molecular complexity index is 625. The molecule has 3 rings (SSSR count). The van der Waals surface area contributed by atoms with Crippen LogP contribution in [0.3, 0.4) is 0 Å². The van der Waals surface area contributed by atoms with Crippen LogP contribution in [-0.2, 0) is 0 Å². The summed E-state index contributed by atoms with van der Waals surface area (Å²) in [5.41, 5.74) is 1.61. The van der Waals surface area contributed by atoms with Crippen LogP contribution in [0, 0.1) is 0 Å². The summed E-state index contributed by atoms with van der Waals surface area (Å²) in [6, 6.07) is 13.7. The molecule has 0 saturated carbocycles. The lowest BCUT2D eigenvalue weighted by Crippen LogP contribution is -2.00. The van der Waals surface area contributed by atoms with Crippen molar-refractivity contribution in [3.05, 3.63) is 42.5 Å². The summed E-state index contributed by atoms with van der Waals surface area (Å²) >= 11 is 0. The molecule has 18 heavy (non-hydrogen) atoms. The van der Waals surface area contributed by atoms with Crippen molar-refractivity contribution < 1.29 is 4.42 Å². The first-order valence-corrected chi connectivity index (χ1v) is 5.93. The summed E-state index contributed by atoms with van der Waals surface area (Å²) < 4.78 is 5.73. The third-order valence-electron chi connectivity index (χ3n) is 2.70. The Hall–Kier alpha value is -2.36. The number of fused-ring (bicyclic) bond motifs is 1. The maximum Gasteiger partial charge on any atom is 0.155 e. The maximum atomic E-state index is 5.73. The van der Waals surface area contributed by atoms with E-state index in [1.807, 2.05) is 49.4 Å². The normalized spacial score (nSPS) is 10.7. The number of anilines is 1. The summed E-state index contributed by atoms with van der Waals surface area (Å²) in [4.78, 5) is 0. The second-order valence-corrected chi connectivity index (χ2v) is 3.98. The molecule has 90 valence electrons. The van der Waals surface area contributed by atoms with Gasteiger partial charge in [0.05, 0.1) is 0 Å². The SMILES string of the molecule is CCNc1ccc(-c2cc3ccccc3o2)nn1. The lowest BCUT2D eigenvalue weighted by atomic mass is 10.2. The van der Waals surface area contributed by atoms with Gasteiger partial charge in [-0.1, -0.05) is 18.2 Å². The molecule has 0 aliphatic carbocycles. The minimum atomic E-state index is 0.742. The molecule has 1 aromatic carbocycles. The van der Waals surface area contributed by atoms with Gasteiger partial charge in [0, 0.05) is 11.9 Å². The lowest BCUT2D eigenvalue weighted by Gasteiger charge is -2.00. The third-order valence-corrected chi connectivity index (χ3v) is 2.70. The van der Waals surface area contributed by atoms with Gasteiger partial charge >= 0.3 is 0 Å². The molecule has 0 spiro atoms. The molecule has 0 fully saturated rings. The highest BCUT2D eigenvalue weighted by Crippen LogP contribution is 2.26. The molecule has 4 nitrogen and oxygen atoms in total. The number of furan rings is 1. The van der Waals surface area contributed by atoms with E-state index in [1.165, 1.54) is 0 Å². The number of benzene rings is 1. The number of rotatable bonds is 3. The van der Waals surface area contributed by atoms with Crippen molar-refractivity contribution in [2.75, 3.05) is 11.9 Å². The molecule has 2 heterocycles. The molecular formula is C14H13N3O. The van der Waals surface area contributed by atoms with Crippen LogP contribution in [-0.4, -0.2) is 16.7 Å². The zero-order valence-corrected chi connectivity index (χ0v) is 10.1. The largest absolute Gasteiger partial charge is 0.454 e. The first kappa shape index (κ1) is 10.8. The molecule has 0 saturated heterocycles. The number of hydrogen-bond donors (Lipinski definition) is 1. The van der Waals surface area contributed by atoms with Gasteiger partial charge in [0.25, 0.3) is 0 Å². The van der Waals surface area contributed by atoms with E-state index in [1.54, 1.807) is 0 Å². The molecule has 0 unspecified atom stereocenters. The van der Waals surface area contributed by atoms with Crippen molar-refractivity contribution in [3.63, 3.8) is 0 Å². The fourth-order valence-corrected chi connectivity index (χ4v) is 1.85. The Labute approximate surface area is 105 Å². The fourth-order valence-electron chi connectivity index (χ4n) is 1.85. The van der Waals surface area contributed by atoms with Crippen molar-refractivity contribution in [1.29, 1.82) is 0 Å². The van der Waals surface area contributed by atoms with Gasteiger partial charge in [-0.25, -0.2) is 0 Å². The molecule has 1 N–H and O–H groups in total. The molecular weight excluding hydrogens is 226 g/mol.